The summed E-state index contributed by atoms with van der Waals surface area (Å²) in [5.41, 5.74) is 15.3. The third kappa shape index (κ3) is 5.21. The van der Waals surface area contributed by atoms with Gasteiger partial charge in [0.15, 0.2) is 0 Å². The average Bonchev–Trinajstić information content (AvgIpc) is 3.57. The Kier molecular flexibility index (Phi) is 8.09. The van der Waals surface area contributed by atoms with Crippen LogP contribution in [0.1, 0.15) is 85.0 Å². The van der Waals surface area contributed by atoms with Crippen LogP contribution in [0.4, 0.5) is 5.69 Å². The van der Waals surface area contributed by atoms with Crippen LogP contribution in [0.25, 0.3) is 5.57 Å². The van der Waals surface area contributed by atoms with Gasteiger partial charge in [-0.05, 0) is 108 Å². The molecule has 7 unspecified atom stereocenters. The molecule has 3 aromatic rings. The molecule has 0 bridgehead atoms. The third-order valence-electron chi connectivity index (χ3n) is 13.1. The molecule has 0 fully saturated rings. The minimum atomic E-state index is 0.317. The second-order valence-electron chi connectivity index (χ2n) is 15.8. The van der Waals surface area contributed by atoms with Crippen molar-refractivity contribution in [1.82, 2.24) is 0 Å². The molecule has 5 aliphatic carbocycles. The van der Waals surface area contributed by atoms with Crippen LogP contribution in [0.2, 0.25) is 0 Å². The Morgan fingerprint density at radius 3 is 2.34 bits per heavy atom. The molecule has 0 N–H and O–H groups in total. The van der Waals surface area contributed by atoms with E-state index in [9.17, 15) is 0 Å². The summed E-state index contributed by atoms with van der Waals surface area (Å²) in [6.07, 6.45) is 39.2. The lowest BCUT2D eigenvalue weighted by atomic mass is 9.63. The molecule has 3 aliphatic heterocycles. The van der Waals surface area contributed by atoms with E-state index in [1.165, 1.54) is 39.4 Å². The fraction of sp³-hybridized carbons (Fsp3) is 0.280. The molecular formula is C50H45NS2. The predicted octanol–water partition coefficient (Wildman–Crippen LogP) is 13.2. The van der Waals surface area contributed by atoms with Crippen LogP contribution in [-0.4, -0.2) is 16.5 Å². The van der Waals surface area contributed by atoms with Gasteiger partial charge in [-0.3, -0.25) is 0 Å². The highest BCUT2D eigenvalue weighted by Crippen LogP contribution is 2.63. The zero-order valence-electron chi connectivity index (χ0n) is 30.1. The van der Waals surface area contributed by atoms with Gasteiger partial charge in [-0.15, -0.1) is 23.5 Å². The van der Waals surface area contributed by atoms with Crippen molar-refractivity contribution in [3.05, 3.63) is 190 Å². The van der Waals surface area contributed by atoms with Crippen LogP contribution in [0.5, 0.6) is 0 Å². The minimum absolute atomic E-state index is 0.317. The molecule has 3 aromatic carbocycles. The summed E-state index contributed by atoms with van der Waals surface area (Å²) in [5.74, 6) is 1.47. The first-order valence-electron chi connectivity index (χ1n) is 19.9. The molecule has 0 saturated carbocycles. The van der Waals surface area contributed by atoms with E-state index in [0.29, 0.717) is 40.2 Å². The molecule has 11 rings (SSSR count). The van der Waals surface area contributed by atoms with E-state index in [-0.39, 0.29) is 0 Å². The summed E-state index contributed by atoms with van der Waals surface area (Å²) in [5, 5.41) is 0.876. The van der Waals surface area contributed by atoms with Crippen LogP contribution in [-0.2, 0) is 0 Å². The summed E-state index contributed by atoms with van der Waals surface area (Å²) in [7, 11) is 0. The molecule has 0 spiro atoms. The molecule has 8 aliphatic rings. The van der Waals surface area contributed by atoms with E-state index in [4.69, 9.17) is 0 Å². The first kappa shape index (κ1) is 32.3. The van der Waals surface area contributed by atoms with Gasteiger partial charge in [0.2, 0.25) is 0 Å². The molecule has 0 radical (unpaired) electrons. The number of fused-ring (bicyclic) bond motifs is 7. The maximum absolute atomic E-state index is 2.74. The summed E-state index contributed by atoms with van der Waals surface area (Å²) >= 11 is 4.26. The van der Waals surface area contributed by atoms with Gasteiger partial charge in [0, 0.05) is 61.4 Å². The lowest BCUT2D eigenvalue weighted by molar-refractivity contribution is 0.424. The Balaban J connectivity index is 1.08. The van der Waals surface area contributed by atoms with Crippen molar-refractivity contribution in [3.63, 3.8) is 0 Å². The van der Waals surface area contributed by atoms with Crippen molar-refractivity contribution in [2.45, 2.75) is 89.0 Å². The number of allylic oxidation sites excluding steroid dienone is 15. The Hall–Kier alpha value is -4.18. The van der Waals surface area contributed by atoms with Gasteiger partial charge in [-0.2, -0.15) is 0 Å². The van der Waals surface area contributed by atoms with Crippen molar-refractivity contribution >= 4 is 34.8 Å². The van der Waals surface area contributed by atoms with Gasteiger partial charge >= 0.3 is 0 Å². The Morgan fingerprint density at radius 1 is 0.623 bits per heavy atom. The number of anilines is 1. The number of thioether (sulfide) groups is 2. The lowest BCUT2D eigenvalue weighted by Gasteiger charge is -2.49. The van der Waals surface area contributed by atoms with Gasteiger partial charge < -0.3 is 4.90 Å². The topological polar surface area (TPSA) is 3.24 Å². The highest BCUT2D eigenvalue weighted by atomic mass is 32.2. The second-order valence-corrected chi connectivity index (χ2v) is 18.2. The van der Waals surface area contributed by atoms with Crippen LogP contribution >= 0.6 is 23.5 Å². The van der Waals surface area contributed by atoms with Crippen molar-refractivity contribution in [2.24, 2.45) is 5.92 Å². The molecule has 0 aromatic heterocycles. The number of para-hydroxylation sites is 1. The SMILES string of the molecule is C1=CCCC(C2=CC=CC3Sc4ccccc4C(C4C5=CC=CCC5Sc5c(C6=CCCC7C6c6ccccc6N7C6=CC=CCC6)cccc54)C23)=C1. The van der Waals surface area contributed by atoms with Crippen molar-refractivity contribution in [3.8, 4) is 0 Å². The number of rotatable bonds is 4. The van der Waals surface area contributed by atoms with Crippen LogP contribution in [0, 0.1) is 5.92 Å². The van der Waals surface area contributed by atoms with E-state index in [1.807, 2.05) is 0 Å². The normalized spacial score (nSPS) is 30.4. The van der Waals surface area contributed by atoms with Crippen LogP contribution < -0.4 is 4.90 Å². The summed E-state index contributed by atoms with van der Waals surface area (Å²) in [4.78, 5) is 5.75. The zero-order chi connectivity index (χ0) is 34.9. The lowest BCUT2D eigenvalue weighted by Crippen LogP contribution is -2.38. The maximum Gasteiger partial charge on any atom is 0.0452 e. The molecule has 262 valence electrons. The number of nitrogens with zero attached hydrogens (tertiary/aromatic N) is 1. The molecule has 3 heterocycles. The predicted molar refractivity (Wildman–Crippen MR) is 226 cm³/mol. The van der Waals surface area contributed by atoms with E-state index in [0.717, 1.165) is 38.5 Å². The summed E-state index contributed by atoms with van der Waals surface area (Å²) in [6.45, 7) is 0. The zero-order valence-corrected chi connectivity index (χ0v) is 31.7. The van der Waals surface area contributed by atoms with Gasteiger partial charge in [-0.1, -0.05) is 128 Å². The van der Waals surface area contributed by atoms with E-state index >= 15 is 0 Å². The fourth-order valence-corrected chi connectivity index (χ4v) is 13.9. The first-order valence-corrected chi connectivity index (χ1v) is 21.7. The molecule has 3 heteroatoms. The fourth-order valence-electron chi connectivity index (χ4n) is 11.0. The van der Waals surface area contributed by atoms with Crippen molar-refractivity contribution < 1.29 is 0 Å². The Morgan fingerprint density at radius 2 is 1.45 bits per heavy atom. The Bertz CT molecular complexity index is 2290. The molecular weight excluding hydrogens is 679 g/mol. The second kappa shape index (κ2) is 13.3. The van der Waals surface area contributed by atoms with E-state index in [2.05, 4.69) is 174 Å². The average molecular weight is 724 g/mol. The number of hydrogen-bond donors (Lipinski definition) is 0. The quantitative estimate of drug-likeness (QED) is 0.264. The number of benzene rings is 3. The summed E-state index contributed by atoms with van der Waals surface area (Å²) < 4.78 is 0. The van der Waals surface area contributed by atoms with Crippen molar-refractivity contribution in [2.75, 3.05) is 4.90 Å². The van der Waals surface area contributed by atoms with E-state index < -0.39 is 0 Å². The van der Waals surface area contributed by atoms with Gasteiger partial charge in [0.05, 0.1) is 0 Å². The highest BCUT2D eigenvalue weighted by molar-refractivity contribution is 8.00. The standard InChI is InChI=1S/C50H45NS2/c1-3-16-32(17-4-1)34-23-15-31-45-48(34)49(39-22-9-11-29-43(39)52-45)47-38-21-8-12-30-44(38)53-50-36(25-13-26-40(47)50)35-24-14-28-42-46(35)37-20-7-10-27-41(37)51(42)33-18-5-2-6-19-33/h1-3,5,7-13,15-16,18,20-27,29,31,42,44-49H,4,6,14,17,19,28,30H2. The molecule has 7 atom stereocenters. The van der Waals surface area contributed by atoms with Gasteiger partial charge in [0.1, 0.15) is 0 Å². The van der Waals surface area contributed by atoms with Gasteiger partial charge in [0.25, 0.3) is 0 Å². The van der Waals surface area contributed by atoms with E-state index in [1.54, 1.807) is 32.7 Å². The molecule has 53 heavy (non-hydrogen) atoms. The largest absolute Gasteiger partial charge is 0.341 e. The van der Waals surface area contributed by atoms with Crippen LogP contribution in [0.15, 0.2) is 178 Å². The maximum atomic E-state index is 2.74. The summed E-state index contributed by atoms with van der Waals surface area (Å²) in [6, 6.07) is 26.6. The molecule has 0 amide bonds. The molecule has 0 saturated heterocycles. The van der Waals surface area contributed by atoms with Gasteiger partial charge in [-0.25, -0.2) is 0 Å². The first-order chi connectivity index (χ1) is 26.3. The van der Waals surface area contributed by atoms with Crippen LogP contribution in [0.3, 0.4) is 0 Å². The third-order valence-corrected chi connectivity index (χ3v) is 15.9. The number of hydrogen-bond acceptors (Lipinski definition) is 3. The smallest absolute Gasteiger partial charge is 0.0452 e. The van der Waals surface area contributed by atoms with Crippen molar-refractivity contribution in [1.29, 1.82) is 0 Å². The highest BCUT2D eigenvalue weighted by Gasteiger charge is 2.49. The molecule has 1 nitrogen and oxygen atoms in total. The minimum Gasteiger partial charge on any atom is -0.341 e. The Labute approximate surface area is 323 Å². The monoisotopic (exact) mass is 723 g/mol.